The van der Waals surface area contributed by atoms with Crippen molar-refractivity contribution in [1.29, 1.82) is 0 Å². The largest absolute Gasteiger partial charge is 0.494 e. The van der Waals surface area contributed by atoms with Gasteiger partial charge < -0.3 is 10.1 Å². The van der Waals surface area contributed by atoms with Crippen LogP contribution in [0.4, 0.5) is 17.1 Å². The molecule has 1 saturated heterocycles. The molecule has 0 saturated carbocycles. The molecule has 2 aromatic rings. The van der Waals surface area contributed by atoms with Gasteiger partial charge in [0.05, 0.1) is 29.2 Å². The minimum absolute atomic E-state index is 0.0645. The van der Waals surface area contributed by atoms with Crippen molar-refractivity contribution in [3.8, 4) is 5.75 Å². The first-order valence-electron chi connectivity index (χ1n) is 8.48. The fourth-order valence-electron chi connectivity index (χ4n) is 3.06. The van der Waals surface area contributed by atoms with Crippen molar-refractivity contribution in [2.75, 3.05) is 29.0 Å². The number of rotatable bonds is 5. The molecule has 148 valence electrons. The summed E-state index contributed by atoms with van der Waals surface area (Å²) in [5.74, 6) is -0.0442. The molecule has 1 aliphatic rings. The fourth-order valence-corrected chi connectivity index (χ4v) is 4.62. The maximum absolute atomic E-state index is 12.5. The van der Waals surface area contributed by atoms with Gasteiger partial charge in [-0.2, -0.15) is 0 Å². The zero-order chi connectivity index (χ0) is 20.5. The molecule has 28 heavy (non-hydrogen) atoms. The maximum Gasteiger partial charge on any atom is 0.272 e. The number of nitro benzene ring substituents is 1. The third-order valence-corrected chi connectivity index (χ3v) is 6.35. The number of ether oxygens (including phenoxy) is 1. The number of carbonyl (C=O) groups excluding carboxylic acids is 1. The number of amides is 1. The van der Waals surface area contributed by atoms with Crippen LogP contribution in [0.5, 0.6) is 5.75 Å². The number of anilines is 2. The smallest absolute Gasteiger partial charge is 0.272 e. The predicted octanol–water partition coefficient (Wildman–Crippen LogP) is 2.70. The average Bonchev–Trinajstić information content (AvgIpc) is 3.00. The van der Waals surface area contributed by atoms with Crippen molar-refractivity contribution in [2.24, 2.45) is 0 Å². The molecule has 1 amide bonds. The summed E-state index contributed by atoms with van der Waals surface area (Å²) in [6, 6.07) is 8.81. The molecule has 0 radical (unpaired) electrons. The van der Waals surface area contributed by atoms with Crippen LogP contribution < -0.4 is 14.4 Å². The van der Waals surface area contributed by atoms with Crippen molar-refractivity contribution in [3.63, 3.8) is 0 Å². The van der Waals surface area contributed by atoms with E-state index < -0.39 is 20.9 Å². The van der Waals surface area contributed by atoms with Gasteiger partial charge in [0.25, 0.3) is 11.6 Å². The van der Waals surface area contributed by atoms with E-state index in [0.29, 0.717) is 35.7 Å². The van der Waals surface area contributed by atoms with Crippen LogP contribution in [-0.2, 0) is 10.0 Å². The Hall–Kier alpha value is -3.14. The molecule has 0 unspecified atom stereocenters. The standard InChI is InChI=1S/C18H19N3O6S/c1-12-10-13(4-7-16(12)21(23)24)18(22)19-15-6-5-14(11-17(15)27-2)20-8-3-9-28(20,25)26/h4-7,10-11H,3,8-9H2,1-2H3,(H,19,22). The monoisotopic (exact) mass is 405 g/mol. The first-order chi connectivity index (χ1) is 13.2. The van der Waals surface area contributed by atoms with Gasteiger partial charge in [-0.3, -0.25) is 19.2 Å². The molecule has 0 aliphatic carbocycles. The van der Waals surface area contributed by atoms with Crippen LogP contribution >= 0.6 is 0 Å². The van der Waals surface area contributed by atoms with E-state index in [0.717, 1.165) is 0 Å². The summed E-state index contributed by atoms with van der Waals surface area (Å²) in [5.41, 5.74) is 1.41. The lowest BCUT2D eigenvalue weighted by molar-refractivity contribution is -0.385. The number of aryl methyl sites for hydroxylation is 1. The van der Waals surface area contributed by atoms with Gasteiger partial charge in [0.15, 0.2) is 0 Å². The number of nitro groups is 1. The Morgan fingerprint density at radius 1 is 1.25 bits per heavy atom. The van der Waals surface area contributed by atoms with Crippen LogP contribution in [0, 0.1) is 17.0 Å². The van der Waals surface area contributed by atoms with Crippen LogP contribution in [-0.4, -0.2) is 38.7 Å². The topological polar surface area (TPSA) is 119 Å². The number of methoxy groups -OCH3 is 1. The highest BCUT2D eigenvalue weighted by molar-refractivity contribution is 7.93. The highest BCUT2D eigenvalue weighted by Crippen LogP contribution is 2.33. The highest BCUT2D eigenvalue weighted by atomic mass is 32.2. The van der Waals surface area contributed by atoms with E-state index in [4.69, 9.17) is 4.74 Å². The Balaban J connectivity index is 1.85. The second-order valence-corrected chi connectivity index (χ2v) is 8.35. The van der Waals surface area contributed by atoms with Crippen LogP contribution in [0.15, 0.2) is 36.4 Å². The summed E-state index contributed by atoms with van der Waals surface area (Å²) in [6.07, 6.45) is 0.558. The Morgan fingerprint density at radius 2 is 2.00 bits per heavy atom. The number of benzene rings is 2. The molecule has 1 heterocycles. The van der Waals surface area contributed by atoms with Crippen LogP contribution in [0.2, 0.25) is 0 Å². The minimum Gasteiger partial charge on any atom is -0.494 e. The quantitative estimate of drug-likeness (QED) is 0.603. The fraction of sp³-hybridized carbons (Fsp3) is 0.278. The number of sulfonamides is 1. The van der Waals surface area contributed by atoms with Crippen molar-refractivity contribution >= 4 is 33.0 Å². The zero-order valence-electron chi connectivity index (χ0n) is 15.3. The lowest BCUT2D eigenvalue weighted by atomic mass is 10.1. The van der Waals surface area contributed by atoms with Crippen molar-refractivity contribution in [3.05, 3.63) is 57.6 Å². The first kappa shape index (κ1) is 19.6. The Labute approximate surface area is 162 Å². The van der Waals surface area contributed by atoms with Crippen molar-refractivity contribution in [2.45, 2.75) is 13.3 Å². The summed E-state index contributed by atoms with van der Waals surface area (Å²) in [4.78, 5) is 22.9. The Bertz CT molecular complexity index is 1050. The molecule has 10 heteroatoms. The van der Waals surface area contributed by atoms with Gasteiger partial charge in [-0.15, -0.1) is 0 Å². The van der Waals surface area contributed by atoms with Crippen molar-refractivity contribution in [1.82, 2.24) is 0 Å². The lowest BCUT2D eigenvalue weighted by Gasteiger charge is -2.19. The molecular formula is C18H19N3O6S. The normalized spacial score (nSPS) is 15.3. The number of hydrogen-bond donors (Lipinski definition) is 1. The maximum atomic E-state index is 12.5. The van der Waals surface area contributed by atoms with E-state index in [2.05, 4.69) is 5.32 Å². The number of hydrogen-bond acceptors (Lipinski definition) is 6. The van der Waals surface area contributed by atoms with E-state index in [1.54, 1.807) is 25.1 Å². The Kier molecular flexibility index (Phi) is 5.23. The minimum atomic E-state index is -3.32. The van der Waals surface area contributed by atoms with Crippen LogP contribution in [0.25, 0.3) is 0 Å². The first-order valence-corrected chi connectivity index (χ1v) is 10.1. The second kappa shape index (κ2) is 7.47. The SMILES string of the molecule is COc1cc(N2CCCS2(=O)=O)ccc1NC(=O)c1ccc([N+](=O)[O-])c(C)c1. The summed E-state index contributed by atoms with van der Waals surface area (Å²) in [7, 11) is -1.90. The molecule has 0 spiro atoms. The molecule has 9 nitrogen and oxygen atoms in total. The van der Waals surface area contributed by atoms with Gasteiger partial charge in [-0.05, 0) is 37.6 Å². The molecule has 1 N–H and O–H groups in total. The number of nitrogens with one attached hydrogen (secondary N) is 1. The van der Waals surface area contributed by atoms with E-state index in [9.17, 15) is 23.3 Å². The summed E-state index contributed by atoms with van der Waals surface area (Å²) in [5, 5.41) is 13.6. The molecule has 0 bridgehead atoms. The zero-order valence-corrected chi connectivity index (χ0v) is 16.2. The molecule has 0 atom stereocenters. The van der Waals surface area contributed by atoms with E-state index in [1.807, 2.05) is 0 Å². The van der Waals surface area contributed by atoms with E-state index >= 15 is 0 Å². The number of nitrogens with zero attached hydrogens (tertiary/aromatic N) is 2. The van der Waals surface area contributed by atoms with E-state index in [-0.39, 0.29) is 17.0 Å². The van der Waals surface area contributed by atoms with Gasteiger partial charge in [0.2, 0.25) is 10.0 Å². The lowest BCUT2D eigenvalue weighted by Crippen LogP contribution is -2.25. The molecular weight excluding hydrogens is 386 g/mol. The van der Waals surface area contributed by atoms with Gasteiger partial charge in [-0.1, -0.05) is 0 Å². The summed E-state index contributed by atoms with van der Waals surface area (Å²) < 4.78 is 30.8. The average molecular weight is 405 g/mol. The van der Waals surface area contributed by atoms with Gasteiger partial charge in [0, 0.05) is 29.8 Å². The number of carbonyl (C=O) groups is 1. The molecule has 3 rings (SSSR count). The summed E-state index contributed by atoms with van der Waals surface area (Å²) in [6.45, 7) is 1.96. The van der Waals surface area contributed by atoms with Gasteiger partial charge in [0.1, 0.15) is 5.75 Å². The molecule has 1 aliphatic heterocycles. The third kappa shape index (κ3) is 3.77. The van der Waals surface area contributed by atoms with Crippen molar-refractivity contribution < 1.29 is 22.9 Å². The van der Waals surface area contributed by atoms with Gasteiger partial charge >= 0.3 is 0 Å². The Morgan fingerprint density at radius 3 is 2.57 bits per heavy atom. The molecule has 0 aromatic heterocycles. The highest BCUT2D eigenvalue weighted by Gasteiger charge is 2.29. The third-order valence-electron chi connectivity index (χ3n) is 4.48. The molecule has 1 fully saturated rings. The van der Waals surface area contributed by atoms with Crippen LogP contribution in [0.1, 0.15) is 22.3 Å². The van der Waals surface area contributed by atoms with E-state index in [1.165, 1.54) is 29.6 Å². The summed E-state index contributed by atoms with van der Waals surface area (Å²) >= 11 is 0. The predicted molar refractivity (Wildman–Crippen MR) is 105 cm³/mol. The second-order valence-electron chi connectivity index (χ2n) is 6.34. The van der Waals surface area contributed by atoms with Gasteiger partial charge in [-0.25, -0.2) is 8.42 Å². The molecule has 2 aromatic carbocycles. The van der Waals surface area contributed by atoms with Crippen LogP contribution in [0.3, 0.4) is 0 Å².